The number of hydrogen-bond donors (Lipinski definition) is 2. The van der Waals surface area contributed by atoms with Gasteiger partial charge >= 0.3 is 0 Å². The molecular formula is C15H28N2O. The van der Waals surface area contributed by atoms with Crippen molar-refractivity contribution in [1.29, 1.82) is 5.26 Å². The molecule has 2 atom stereocenters. The number of aliphatic hydroxyl groups is 1. The van der Waals surface area contributed by atoms with Gasteiger partial charge in [-0.1, -0.05) is 33.6 Å². The molecule has 18 heavy (non-hydrogen) atoms. The Morgan fingerprint density at radius 2 is 2.22 bits per heavy atom. The van der Waals surface area contributed by atoms with Crippen LogP contribution in [0.1, 0.15) is 59.3 Å². The predicted molar refractivity (Wildman–Crippen MR) is 74.1 cm³/mol. The van der Waals surface area contributed by atoms with E-state index in [4.69, 9.17) is 5.26 Å². The highest BCUT2D eigenvalue weighted by atomic mass is 16.3. The van der Waals surface area contributed by atoms with Crippen molar-refractivity contribution in [3.8, 4) is 6.07 Å². The summed E-state index contributed by atoms with van der Waals surface area (Å²) in [4.78, 5) is 0. The van der Waals surface area contributed by atoms with E-state index in [-0.39, 0.29) is 5.41 Å². The number of hydrogen-bond acceptors (Lipinski definition) is 3. The second kappa shape index (κ2) is 6.54. The van der Waals surface area contributed by atoms with Gasteiger partial charge in [0.05, 0.1) is 11.7 Å². The van der Waals surface area contributed by atoms with Gasteiger partial charge in [0.15, 0.2) is 0 Å². The van der Waals surface area contributed by atoms with Crippen molar-refractivity contribution < 1.29 is 5.11 Å². The fraction of sp³-hybridized carbons (Fsp3) is 0.933. The van der Waals surface area contributed by atoms with E-state index in [0.29, 0.717) is 18.9 Å². The summed E-state index contributed by atoms with van der Waals surface area (Å²) in [5, 5.41) is 22.5. The van der Waals surface area contributed by atoms with E-state index in [9.17, 15) is 5.11 Å². The molecular weight excluding hydrogens is 224 g/mol. The van der Waals surface area contributed by atoms with Crippen molar-refractivity contribution in [2.24, 2.45) is 11.3 Å². The predicted octanol–water partition coefficient (Wildman–Crippen LogP) is 2.85. The molecule has 104 valence electrons. The Balaban J connectivity index is 2.30. The van der Waals surface area contributed by atoms with Crippen LogP contribution in [0.15, 0.2) is 0 Å². The number of nitriles is 1. The van der Waals surface area contributed by atoms with Gasteiger partial charge in [-0.3, -0.25) is 0 Å². The van der Waals surface area contributed by atoms with Crippen LogP contribution in [0.2, 0.25) is 0 Å². The normalized spacial score (nSPS) is 28.9. The molecule has 0 aromatic rings. The molecule has 2 unspecified atom stereocenters. The highest BCUT2D eigenvalue weighted by molar-refractivity contribution is 4.88. The highest BCUT2D eigenvalue weighted by Crippen LogP contribution is 2.32. The molecule has 0 amide bonds. The minimum Gasteiger partial charge on any atom is -0.389 e. The molecule has 0 aliphatic heterocycles. The number of nitrogens with zero attached hydrogens (tertiary/aromatic N) is 1. The van der Waals surface area contributed by atoms with Gasteiger partial charge in [-0.05, 0) is 30.6 Å². The van der Waals surface area contributed by atoms with Crippen LogP contribution in [-0.4, -0.2) is 23.8 Å². The first-order valence-electron chi connectivity index (χ1n) is 7.17. The molecule has 0 aromatic carbocycles. The zero-order valence-electron chi connectivity index (χ0n) is 12.1. The maximum absolute atomic E-state index is 10.5. The maximum atomic E-state index is 10.5. The van der Waals surface area contributed by atoms with Crippen LogP contribution in [0, 0.1) is 22.7 Å². The van der Waals surface area contributed by atoms with Crippen molar-refractivity contribution in [2.45, 2.75) is 64.9 Å². The van der Waals surface area contributed by atoms with Crippen LogP contribution < -0.4 is 5.32 Å². The molecule has 1 saturated carbocycles. The molecule has 1 aliphatic rings. The number of nitrogens with one attached hydrogen (secondary N) is 1. The Morgan fingerprint density at radius 3 is 2.83 bits per heavy atom. The lowest BCUT2D eigenvalue weighted by Crippen LogP contribution is -2.46. The molecule has 1 aliphatic carbocycles. The summed E-state index contributed by atoms with van der Waals surface area (Å²) in [6, 6.07) is 2.20. The van der Waals surface area contributed by atoms with E-state index in [0.717, 1.165) is 32.2 Å². The summed E-state index contributed by atoms with van der Waals surface area (Å²) in [5.74, 6) is 0.636. The standard InChI is InChI=1S/C15H28N2O/c1-13-6-4-8-15(18,10-13)12-17-11-14(2,3)7-5-9-16/h13,17-18H,4-8,10-12H2,1-3H3. The van der Waals surface area contributed by atoms with E-state index in [1.54, 1.807) is 0 Å². The smallest absolute Gasteiger partial charge is 0.0774 e. The van der Waals surface area contributed by atoms with E-state index >= 15 is 0 Å². The number of rotatable bonds is 6. The molecule has 1 rings (SSSR count). The third kappa shape index (κ3) is 5.37. The Labute approximate surface area is 112 Å². The first-order valence-corrected chi connectivity index (χ1v) is 7.17. The fourth-order valence-electron chi connectivity index (χ4n) is 2.91. The van der Waals surface area contributed by atoms with Crippen LogP contribution in [0.5, 0.6) is 0 Å². The van der Waals surface area contributed by atoms with Crippen LogP contribution in [0.25, 0.3) is 0 Å². The lowest BCUT2D eigenvalue weighted by atomic mass is 9.78. The summed E-state index contributed by atoms with van der Waals surface area (Å²) in [5.41, 5.74) is -0.380. The topological polar surface area (TPSA) is 56.0 Å². The van der Waals surface area contributed by atoms with Gasteiger partial charge in [0.2, 0.25) is 0 Å². The molecule has 0 radical (unpaired) electrons. The second-order valence-corrected chi connectivity index (χ2v) is 6.85. The van der Waals surface area contributed by atoms with E-state index < -0.39 is 5.60 Å². The molecule has 0 spiro atoms. The molecule has 1 fully saturated rings. The quantitative estimate of drug-likeness (QED) is 0.764. The van der Waals surface area contributed by atoms with Gasteiger partial charge in [0.1, 0.15) is 0 Å². The minimum absolute atomic E-state index is 0.131. The average molecular weight is 252 g/mol. The first kappa shape index (κ1) is 15.5. The lowest BCUT2D eigenvalue weighted by Gasteiger charge is -2.36. The van der Waals surface area contributed by atoms with Crippen molar-refractivity contribution in [3.05, 3.63) is 0 Å². The maximum Gasteiger partial charge on any atom is 0.0774 e. The third-order valence-electron chi connectivity index (χ3n) is 4.04. The summed E-state index contributed by atoms with van der Waals surface area (Å²) in [7, 11) is 0. The first-order chi connectivity index (χ1) is 8.37. The van der Waals surface area contributed by atoms with Gasteiger partial charge in [0, 0.05) is 19.5 Å². The molecule has 0 aromatic heterocycles. The lowest BCUT2D eigenvalue weighted by molar-refractivity contribution is -0.0131. The zero-order chi connectivity index (χ0) is 13.6. The average Bonchev–Trinajstić information content (AvgIpc) is 2.25. The summed E-state index contributed by atoms with van der Waals surface area (Å²) < 4.78 is 0. The van der Waals surface area contributed by atoms with Gasteiger partial charge in [-0.2, -0.15) is 5.26 Å². The van der Waals surface area contributed by atoms with Gasteiger partial charge in [-0.15, -0.1) is 0 Å². The van der Waals surface area contributed by atoms with Gasteiger partial charge < -0.3 is 10.4 Å². The second-order valence-electron chi connectivity index (χ2n) is 6.85. The van der Waals surface area contributed by atoms with Crippen molar-refractivity contribution >= 4 is 0 Å². The highest BCUT2D eigenvalue weighted by Gasteiger charge is 2.32. The SMILES string of the molecule is CC1CCCC(O)(CNCC(C)(C)CCC#N)C1. The van der Waals surface area contributed by atoms with E-state index in [1.807, 2.05) is 0 Å². The zero-order valence-corrected chi connectivity index (χ0v) is 12.1. The van der Waals surface area contributed by atoms with Crippen molar-refractivity contribution in [3.63, 3.8) is 0 Å². The third-order valence-corrected chi connectivity index (χ3v) is 4.04. The van der Waals surface area contributed by atoms with Crippen LogP contribution in [0.3, 0.4) is 0 Å². The molecule has 3 nitrogen and oxygen atoms in total. The van der Waals surface area contributed by atoms with Crippen LogP contribution >= 0.6 is 0 Å². The monoisotopic (exact) mass is 252 g/mol. The summed E-state index contributed by atoms with van der Waals surface area (Å²) in [6.45, 7) is 8.12. The van der Waals surface area contributed by atoms with Crippen molar-refractivity contribution in [2.75, 3.05) is 13.1 Å². The molecule has 3 heteroatoms. The van der Waals surface area contributed by atoms with E-state index in [2.05, 4.69) is 32.2 Å². The Kier molecular flexibility index (Phi) is 5.62. The summed E-state index contributed by atoms with van der Waals surface area (Å²) in [6.07, 6.45) is 5.73. The van der Waals surface area contributed by atoms with Crippen molar-refractivity contribution in [1.82, 2.24) is 5.32 Å². The van der Waals surface area contributed by atoms with Gasteiger partial charge in [-0.25, -0.2) is 0 Å². The van der Waals surface area contributed by atoms with Crippen LogP contribution in [0.4, 0.5) is 0 Å². The Morgan fingerprint density at radius 1 is 1.50 bits per heavy atom. The molecule has 0 saturated heterocycles. The molecule has 2 N–H and O–H groups in total. The van der Waals surface area contributed by atoms with Gasteiger partial charge in [0.25, 0.3) is 0 Å². The largest absolute Gasteiger partial charge is 0.389 e. The molecule has 0 heterocycles. The van der Waals surface area contributed by atoms with Crippen LogP contribution in [-0.2, 0) is 0 Å². The minimum atomic E-state index is -0.511. The fourth-order valence-corrected chi connectivity index (χ4v) is 2.91. The van der Waals surface area contributed by atoms with E-state index in [1.165, 1.54) is 6.42 Å². The molecule has 0 bridgehead atoms. The summed E-state index contributed by atoms with van der Waals surface area (Å²) >= 11 is 0. The Bertz CT molecular complexity index is 295. The Hall–Kier alpha value is -0.590.